The van der Waals surface area contributed by atoms with Crippen molar-refractivity contribution >= 4 is 29.0 Å². The van der Waals surface area contributed by atoms with Gasteiger partial charge in [-0.1, -0.05) is 29.3 Å². The minimum Gasteiger partial charge on any atom is -0.314 e. The molecule has 0 aromatic heterocycles. The quantitative estimate of drug-likeness (QED) is 0.821. The molecule has 86 valence electrons. The molecule has 0 amide bonds. The summed E-state index contributed by atoms with van der Waals surface area (Å²) in [6.45, 7) is 0.715. The molecule has 1 aromatic carbocycles. The number of carbonyl (C=O) groups excluding carboxylic acids is 1. The van der Waals surface area contributed by atoms with E-state index in [2.05, 4.69) is 5.32 Å². The topological polar surface area (TPSA) is 29.1 Å². The molecule has 0 saturated heterocycles. The fourth-order valence-electron chi connectivity index (χ4n) is 1.53. The molecule has 4 heteroatoms. The maximum atomic E-state index is 11.8. The molecule has 2 rings (SSSR count). The van der Waals surface area contributed by atoms with E-state index in [0.29, 0.717) is 34.6 Å². The molecule has 0 radical (unpaired) electrons. The number of halogens is 2. The first-order chi connectivity index (χ1) is 7.68. The van der Waals surface area contributed by atoms with E-state index < -0.39 is 0 Å². The molecule has 16 heavy (non-hydrogen) atoms. The Morgan fingerprint density at radius 3 is 2.81 bits per heavy atom. The van der Waals surface area contributed by atoms with Crippen molar-refractivity contribution in [3.8, 4) is 0 Å². The van der Waals surface area contributed by atoms with Crippen molar-refractivity contribution in [3.63, 3.8) is 0 Å². The Morgan fingerprint density at radius 2 is 2.12 bits per heavy atom. The molecule has 0 heterocycles. The standard InChI is InChI=1S/C12H13Cl2NO/c13-10-3-1-2-9(12(10)14)11(16)6-7-15-8-4-5-8/h1-3,8,15H,4-7H2. The third kappa shape index (κ3) is 2.97. The van der Waals surface area contributed by atoms with Gasteiger partial charge in [-0.3, -0.25) is 4.79 Å². The minimum atomic E-state index is 0.0423. The molecular weight excluding hydrogens is 245 g/mol. The molecule has 0 spiro atoms. The van der Waals surface area contributed by atoms with Gasteiger partial charge in [-0.15, -0.1) is 0 Å². The first-order valence-corrected chi connectivity index (χ1v) is 6.14. The number of ketones is 1. The normalized spacial score (nSPS) is 15.1. The third-order valence-corrected chi connectivity index (χ3v) is 3.43. The van der Waals surface area contributed by atoms with Crippen LogP contribution in [0.25, 0.3) is 0 Å². The molecule has 1 aliphatic rings. The lowest BCUT2D eigenvalue weighted by atomic mass is 10.1. The van der Waals surface area contributed by atoms with E-state index in [4.69, 9.17) is 23.2 Å². The van der Waals surface area contributed by atoms with E-state index in [-0.39, 0.29) is 5.78 Å². The summed E-state index contributed by atoms with van der Waals surface area (Å²) < 4.78 is 0. The van der Waals surface area contributed by atoms with Crippen LogP contribution in [0.5, 0.6) is 0 Å². The molecule has 1 saturated carbocycles. The van der Waals surface area contributed by atoms with Gasteiger partial charge in [0, 0.05) is 24.6 Å². The fraction of sp³-hybridized carbons (Fsp3) is 0.417. The second-order valence-electron chi connectivity index (χ2n) is 4.00. The van der Waals surface area contributed by atoms with Crippen LogP contribution >= 0.6 is 23.2 Å². The molecular formula is C12H13Cl2NO. The van der Waals surface area contributed by atoms with Crippen LogP contribution in [0.3, 0.4) is 0 Å². The molecule has 1 aliphatic carbocycles. The number of rotatable bonds is 5. The zero-order chi connectivity index (χ0) is 11.5. The summed E-state index contributed by atoms with van der Waals surface area (Å²) in [5, 5.41) is 4.09. The Hall–Kier alpha value is -0.570. The lowest BCUT2D eigenvalue weighted by Gasteiger charge is -2.05. The van der Waals surface area contributed by atoms with Gasteiger partial charge in [0.2, 0.25) is 0 Å². The van der Waals surface area contributed by atoms with E-state index in [1.165, 1.54) is 12.8 Å². The molecule has 0 aliphatic heterocycles. The zero-order valence-corrected chi connectivity index (χ0v) is 10.3. The lowest BCUT2D eigenvalue weighted by Crippen LogP contribution is -2.20. The van der Waals surface area contributed by atoms with E-state index in [0.717, 1.165) is 0 Å². The van der Waals surface area contributed by atoms with Crippen molar-refractivity contribution in [2.45, 2.75) is 25.3 Å². The van der Waals surface area contributed by atoms with E-state index >= 15 is 0 Å². The highest BCUT2D eigenvalue weighted by atomic mass is 35.5. The van der Waals surface area contributed by atoms with E-state index in [1.54, 1.807) is 18.2 Å². The van der Waals surface area contributed by atoms with Gasteiger partial charge in [0.1, 0.15) is 0 Å². The van der Waals surface area contributed by atoms with Crippen molar-refractivity contribution in [3.05, 3.63) is 33.8 Å². The largest absolute Gasteiger partial charge is 0.314 e. The SMILES string of the molecule is O=C(CCNC1CC1)c1cccc(Cl)c1Cl. The van der Waals surface area contributed by atoms with Crippen molar-refractivity contribution in [2.24, 2.45) is 0 Å². The van der Waals surface area contributed by atoms with Crippen LogP contribution in [0.2, 0.25) is 10.0 Å². The second kappa shape index (κ2) is 5.17. The third-order valence-electron chi connectivity index (χ3n) is 2.61. The maximum Gasteiger partial charge on any atom is 0.165 e. The Balaban J connectivity index is 1.93. The lowest BCUT2D eigenvalue weighted by molar-refractivity contribution is 0.0982. The van der Waals surface area contributed by atoms with E-state index in [1.807, 2.05) is 0 Å². The minimum absolute atomic E-state index is 0.0423. The predicted octanol–water partition coefficient (Wildman–Crippen LogP) is 3.32. The average Bonchev–Trinajstić information content (AvgIpc) is 3.06. The number of hydrogen-bond acceptors (Lipinski definition) is 2. The highest BCUT2D eigenvalue weighted by Gasteiger charge is 2.20. The van der Waals surface area contributed by atoms with Crippen molar-refractivity contribution in [2.75, 3.05) is 6.54 Å². The van der Waals surface area contributed by atoms with Gasteiger partial charge in [0.25, 0.3) is 0 Å². The number of hydrogen-bond donors (Lipinski definition) is 1. The van der Waals surface area contributed by atoms with Gasteiger partial charge in [-0.05, 0) is 25.0 Å². The molecule has 2 nitrogen and oxygen atoms in total. The van der Waals surface area contributed by atoms with Gasteiger partial charge >= 0.3 is 0 Å². The Kier molecular flexibility index (Phi) is 3.85. The first kappa shape index (κ1) is 11.9. The number of nitrogens with one attached hydrogen (secondary N) is 1. The van der Waals surface area contributed by atoms with Crippen LogP contribution in [-0.2, 0) is 0 Å². The smallest absolute Gasteiger partial charge is 0.165 e. The Labute approximate surface area is 105 Å². The van der Waals surface area contributed by atoms with Crippen molar-refractivity contribution in [1.29, 1.82) is 0 Å². The van der Waals surface area contributed by atoms with Crippen LogP contribution in [0, 0.1) is 0 Å². The summed E-state index contributed by atoms with van der Waals surface area (Å²) in [7, 11) is 0. The first-order valence-electron chi connectivity index (χ1n) is 5.39. The van der Waals surface area contributed by atoms with Crippen LogP contribution in [0.15, 0.2) is 18.2 Å². The summed E-state index contributed by atoms with van der Waals surface area (Å²) in [5.74, 6) is 0.0423. The average molecular weight is 258 g/mol. The maximum absolute atomic E-state index is 11.8. The Morgan fingerprint density at radius 1 is 1.38 bits per heavy atom. The molecule has 0 unspecified atom stereocenters. The Bertz CT molecular complexity index is 402. The second-order valence-corrected chi connectivity index (χ2v) is 4.79. The summed E-state index contributed by atoms with van der Waals surface area (Å²) in [6, 6.07) is 5.77. The molecule has 0 atom stereocenters. The number of Topliss-reactive ketones (excluding diaryl/α,β-unsaturated/α-hetero) is 1. The van der Waals surface area contributed by atoms with Gasteiger partial charge in [-0.2, -0.15) is 0 Å². The van der Waals surface area contributed by atoms with Crippen LogP contribution in [0.1, 0.15) is 29.6 Å². The highest BCUT2D eigenvalue weighted by molar-refractivity contribution is 6.43. The van der Waals surface area contributed by atoms with Gasteiger partial charge < -0.3 is 5.32 Å². The zero-order valence-electron chi connectivity index (χ0n) is 8.80. The summed E-state index contributed by atoms with van der Waals surface area (Å²) in [4.78, 5) is 11.8. The van der Waals surface area contributed by atoms with Gasteiger partial charge in [0.05, 0.1) is 10.0 Å². The summed E-state index contributed by atoms with van der Waals surface area (Å²) in [6.07, 6.45) is 2.93. The monoisotopic (exact) mass is 257 g/mol. The molecule has 1 N–H and O–H groups in total. The summed E-state index contributed by atoms with van der Waals surface area (Å²) >= 11 is 11.8. The van der Waals surface area contributed by atoms with Gasteiger partial charge in [0.15, 0.2) is 5.78 Å². The van der Waals surface area contributed by atoms with Crippen LogP contribution in [0.4, 0.5) is 0 Å². The van der Waals surface area contributed by atoms with Gasteiger partial charge in [-0.25, -0.2) is 0 Å². The number of carbonyl (C=O) groups is 1. The molecule has 1 aromatic rings. The fourth-order valence-corrected chi connectivity index (χ4v) is 1.94. The summed E-state index contributed by atoms with van der Waals surface area (Å²) in [5.41, 5.74) is 0.520. The van der Waals surface area contributed by atoms with E-state index in [9.17, 15) is 4.79 Å². The molecule has 1 fully saturated rings. The molecule has 0 bridgehead atoms. The predicted molar refractivity (Wildman–Crippen MR) is 66.4 cm³/mol. The highest BCUT2D eigenvalue weighted by Crippen LogP contribution is 2.26. The van der Waals surface area contributed by atoms with Crippen molar-refractivity contribution < 1.29 is 4.79 Å². The van der Waals surface area contributed by atoms with Crippen LogP contribution < -0.4 is 5.32 Å². The van der Waals surface area contributed by atoms with Crippen LogP contribution in [-0.4, -0.2) is 18.4 Å². The van der Waals surface area contributed by atoms with Crippen molar-refractivity contribution in [1.82, 2.24) is 5.32 Å². The number of benzene rings is 1.